The molecular weight excluding hydrogens is 488 g/mol. The van der Waals surface area contributed by atoms with Gasteiger partial charge >= 0.3 is 35.4 Å². The van der Waals surface area contributed by atoms with Gasteiger partial charge in [-0.25, -0.2) is 24.0 Å². The van der Waals surface area contributed by atoms with E-state index in [1.54, 1.807) is 12.1 Å². The summed E-state index contributed by atoms with van der Waals surface area (Å²) in [6, 6.07) is 13.9. The zero-order valence-electron chi connectivity index (χ0n) is 18.0. The van der Waals surface area contributed by atoms with Crippen molar-refractivity contribution in [1.82, 2.24) is 0 Å². The Bertz CT molecular complexity index is 1100. The number of ether oxygens (including phenoxy) is 1. The number of carbonyl (C=O) groups excluding carboxylic acids is 2. The van der Waals surface area contributed by atoms with E-state index in [2.05, 4.69) is 0 Å². The maximum absolute atomic E-state index is 12.7. The lowest BCUT2D eigenvalue weighted by molar-refractivity contribution is -0.176. The van der Waals surface area contributed by atoms with Gasteiger partial charge in [-0.05, 0) is 12.1 Å². The van der Waals surface area contributed by atoms with Crippen LogP contribution in [0.4, 0.5) is 0 Å². The molecule has 0 aliphatic heterocycles. The van der Waals surface area contributed by atoms with E-state index in [0.29, 0.717) is 0 Å². The Kier molecular flexibility index (Phi) is 10.4. The van der Waals surface area contributed by atoms with Gasteiger partial charge in [-0.3, -0.25) is 4.79 Å². The summed E-state index contributed by atoms with van der Waals surface area (Å²) in [6.45, 7) is 0. The van der Waals surface area contributed by atoms with Crippen LogP contribution in [-0.2, 0) is 23.9 Å². The number of rotatable bonds is 10. The molecule has 2 unspecified atom stereocenters. The number of esters is 1. The van der Waals surface area contributed by atoms with Crippen LogP contribution < -0.4 is 0 Å². The van der Waals surface area contributed by atoms with Gasteiger partial charge in [0.2, 0.25) is 11.9 Å². The summed E-state index contributed by atoms with van der Waals surface area (Å²) in [6.07, 6.45) is -7.35. The summed E-state index contributed by atoms with van der Waals surface area (Å²) in [4.78, 5) is 67.6. The molecule has 2 aromatic rings. The monoisotopic (exact) mass is 508 g/mol. The molecule has 2 aromatic carbocycles. The van der Waals surface area contributed by atoms with Crippen LogP contribution in [-0.4, -0.2) is 95.3 Å². The van der Waals surface area contributed by atoms with Crippen LogP contribution in [0.5, 0.6) is 0 Å². The number of aliphatic hydroxyl groups is 3. The van der Waals surface area contributed by atoms with E-state index in [9.17, 15) is 39.0 Å². The predicted molar refractivity (Wildman–Crippen MR) is 114 cm³/mol. The second-order valence-corrected chi connectivity index (χ2v) is 6.80. The van der Waals surface area contributed by atoms with Gasteiger partial charge in [-0.1, -0.05) is 48.5 Å². The van der Waals surface area contributed by atoms with Crippen LogP contribution in [0, 0.1) is 0 Å². The Morgan fingerprint density at radius 3 is 1.33 bits per heavy atom. The first kappa shape index (κ1) is 29.4. The van der Waals surface area contributed by atoms with Crippen molar-refractivity contribution in [3.05, 3.63) is 71.8 Å². The maximum Gasteiger partial charge on any atom is 0.360 e. The van der Waals surface area contributed by atoms with Gasteiger partial charge in [0.15, 0.2) is 12.2 Å². The standard InChI is InChI=1S/C18H14O8.C4H6O6/c19-13(11-7-3-1-4-8-11)18(17(24)25,14(20)15(21)22)26-16(23)12-9-5-2-6-10-12;5-1(3(7)8)2(6)4(9)10/h1-10,14,20H,(H,21,22)(H,24,25);1-2,5-6H,(H,7,8)(H,9,10)/t14-,18+;/m1./s1. The average Bonchev–Trinajstić information content (AvgIpc) is 2.86. The smallest absolute Gasteiger partial charge is 0.360 e. The van der Waals surface area contributed by atoms with E-state index >= 15 is 0 Å². The van der Waals surface area contributed by atoms with Crippen LogP contribution in [0.2, 0.25) is 0 Å². The number of Topliss-reactive ketones (excluding diaryl/α,β-unsaturated/α-hetero) is 1. The molecule has 0 fully saturated rings. The summed E-state index contributed by atoms with van der Waals surface area (Å²) in [5, 5.41) is 61.1. The first-order chi connectivity index (χ1) is 16.8. The lowest BCUT2D eigenvalue weighted by Crippen LogP contribution is -2.61. The second-order valence-electron chi connectivity index (χ2n) is 6.80. The molecule has 4 atom stereocenters. The Labute approximate surface area is 201 Å². The Hall–Kier alpha value is -4.66. The van der Waals surface area contributed by atoms with E-state index < -0.39 is 59.5 Å². The molecule has 14 heteroatoms. The molecule has 7 N–H and O–H groups in total. The highest BCUT2D eigenvalue weighted by Crippen LogP contribution is 2.26. The van der Waals surface area contributed by atoms with Crippen LogP contribution >= 0.6 is 0 Å². The molecule has 0 amide bonds. The third-order valence-electron chi connectivity index (χ3n) is 4.38. The van der Waals surface area contributed by atoms with Gasteiger partial charge in [0.1, 0.15) is 0 Å². The van der Waals surface area contributed by atoms with Crippen LogP contribution in [0.3, 0.4) is 0 Å². The number of ketones is 1. The van der Waals surface area contributed by atoms with Crippen molar-refractivity contribution in [3.8, 4) is 0 Å². The molecule has 0 heterocycles. The molecule has 0 spiro atoms. The summed E-state index contributed by atoms with van der Waals surface area (Å²) < 4.78 is 4.81. The van der Waals surface area contributed by atoms with Crippen molar-refractivity contribution in [2.24, 2.45) is 0 Å². The third-order valence-corrected chi connectivity index (χ3v) is 4.38. The number of aliphatic carboxylic acids is 4. The lowest BCUT2D eigenvalue weighted by atomic mass is 9.87. The topological polar surface area (TPSA) is 253 Å². The summed E-state index contributed by atoms with van der Waals surface area (Å²) in [5.74, 6) is -10.3. The summed E-state index contributed by atoms with van der Waals surface area (Å²) in [7, 11) is 0. The molecular formula is C22H20O14. The van der Waals surface area contributed by atoms with E-state index in [4.69, 9.17) is 30.3 Å². The molecule has 0 saturated heterocycles. The minimum atomic E-state index is -3.35. The van der Waals surface area contributed by atoms with Crippen LogP contribution in [0.1, 0.15) is 20.7 Å². The first-order valence-electron chi connectivity index (χ1n) is 9.61. The molecule has 0 saturated carbocycles. The van der Waals surface area contributed by atoms with Crippen molar-refractivity contribution in [2.45, 2.75) is 23.9 Å². The second kappa shape index (κ2) is 12.7. The number of carboxylic acid groups (broad SMARTS) is 4. The number of benzene rings is 2. The predicted octanol–water partition coefficient (Wildman–Crippen LogP) is -1.13. The molecule has 0 aliphatic carbocycles. The SMILES string of the molecule is O=C(O)C(O)C(O)C(=O)O.O=C(O[C@@](C(=O)O)(C(=O)c1ccccc1)[C@H](O)C(=O)O)c1ccccc1. The molecule has 2 rings (SSSR count). The highest BCUT2D eigenvalue weighted by molar-refractivity contribution is 6.19. The molecule has 0 bridgehead atoms. The number of hydrogen-bond donors (Lipinski definition) is 7. The van der Waals surface area contributed by atoms with Crippen molar-refractivity contribution in [3.63, 3.8) is 0 Å². The lowest BCUT2D eigenvalue weighted by Gasteiger charge is -2.30. The molecule has 0 aromatic heterocycles. The number of carboxylic acids is 4. The highest BCUT2D eigenvalue weighted by Gasteiger charge is 2.59. The molecule has 192 valence electrons. The van der Waals surface area contributed by atoms with E-state index in [0.717, 1.165) is 0 Å². The number of aliphatic hydroxyl groups excluding tert-OH is 3. The van der Waals surface area contributed by atoms with Gasteiger partial charge in [0.25, 0.3) is 0 Å². The number of hydrogen-bond acceptors (Lipinski definition) is 10. The fourth-order valence-electron chi connectivity index (χ4n) is 2.51. The zero-order chi connectivity index (χ0) is 27.6. The molecule has 0 radical (unpaired) electrons. The van der Waals surface area contributed by atoms with Crippen LogP contribution in [0.25, 0.3) is 0 Å². The third kappa shape index (κ3) is 6.92. The summed E-state index contributed by atoms with van der Waals surface area (Å²) >= 11 is 0. The van der Waals surface area contributed by atoms with E-state index in [1.165, 1.54) is 48.5 Å². The molecule has 14 nitrogen and oxygen atoms in total. The number of carbonyl (C=O) groups is 6. The van der Waals surface area contributed by atoms with Crippen molar-refractivity contribution < 1.29 is 69.2 Å². The van der Waals surface area contributed by atoms with Gasteiger partial charge in [0, 0.05) is 5.56 Å². The van der Waals surface area contributed by atoms with Crippen molar-refractivity contribution in [2.75, 3.05) is 0 Å². The quantitative estimate of drug-likeness (QED) is 0.114. The zero-order valence-corrected chi connectivity index (χ0v) is 18.0. The fourth-order valence-corrected chi connectivity index (χ4v) is 2.51. The van der Waals surface area contributed by atoms with Crippen LogP contribution in [0.15, 0.2) is 60.7 Å². The van der Waals surface area contributed by atoms with Gasteiger partial charge in [-0.2, -0.15) is 0 Å². The van der Waals surface area contributed by atoms with Crippen molar-refractivity contribution in [1.29, 1.82) is 0 Å². The molecule has 0 aliphatic rings. The molecule has 36 heavy (non-hydrogen) atoms. The largest absolute Gasteiger partial charge is 0.479 e. The Morgan fingerprint density at radius 1 is 0.611 bits per heavy atom. The first-order valence-corrected chi connectivity index (χ1v) is 9.61. The van der Waals surface area contributed by atoms with E-state index in [1.807, 2.05) is 0 Å². The Morgan fingerprint density at radius 2 is 1.00 bits per heavy atom. The summed E-state index contributed by atoms with van der Waals surface area (Å²) in [5.41, 5.74) is -3.70. The normalized spacial score (nSPS) is 14.4. The maximum atomic E-state index is 12.7. The van der Waals surface area contributed by atoms with Gasteiger partial charge in [-0.15, -0.1) is 0 Å². The van der Waals surface area contributed by atoms with Gasteiger partial charge in [0.05, 0.1) is 5.56 Å². The van der Waals surface area contributed by atoms with E-state index in [-0.39, 0.29) is 11.1 Å². The van der Waals surface area contributed by atoms with Crippen molar-refractivity contribution >= 4 is 35.6 Å². The minimum absolute atomic E-state index is 0.114. The highest BCUT2D eigenvalue weighted by atomic mass is 16.6. The fraction of sp³-hybridized carbons (Fsp3) is 0.182. The Balaban J connectivity index is 0.000000548. The minimum Gasteiger partial charge on any atom is -0.479 e. The average molecular weight is 508 g/mol. The van der Waals surface area contributed by atoms with Gasteiger partial charge < -0.3 is 40.5 Å².